The number of ether oxygens (including phenoxy) is 2. The van der Waals surface area contributed by atoms with E-state index in [0.717, 1.165) is 56.6 Å². The minimum atomic E-state index is -2.12. The summed E-state index contributed by atoms with van der Waals surface area (Å²) in [5, 5.41) is 22.6. The Bertz CT molecular complexity index is 1010. The van der Waals surface area contributed by atoms with Gasteiger partial charge in [0.25, 0.3) is 0 Å². The predicted molar refractivity (Wildman–Crippen MR) is 138 cm³/mol. The SMILES string of the molecule is COC(=O)CC(O)(CC(O)CCCCCCc1ccc(Cl)cc1-c1ccc(Cl)cc1Cl)C(=O)OC. The molecule has 0 fully saturated rings. The van der Waals surface area contributed by atoms with E-state index in [4.69, 9.17) is 34.8 Å². The summed E-state index contributed by atoms with van der Waals surface area (Å²) in [5.41, 5.74) is 0.864. The van der Waals surface area contributed by atoms with E-state index in [9.17, 15) is 19.8 Å². The first kappa shape index (κ1) is 29.4. The number of aryl methyl sites for hydroxylation is 1. The molecule has 0 bridgehead atoms. The molecule has 2 atom stereocenters. The Kier molecular flexibility index (Phi) is 11.8. The molecule has 0 spiro atoms. The lowest BCUT2D eigenvalue weighted by molar-refractivity contribution is -0.172. The van der Waals surface area contributed by atoms with Crippen molar-refractivity contribution in [1.82, 2.24) is 0 Å². The van der Waals surface area contributed by atoms with Crippen LogP contribution in [0.25, 0.3) is 11.1 Å². The van der Waals surface area contributed by atoms with Gasteiger partial charge >= 0.3 is 11.9 Å². The Morgan fingerprint density at radius 3 is 2.23 bits per heavy atom. The highest BCUT2D eigenvalue weighted by atomic mass is 35.5. The Morgan fingerprint density at radius 1 is 0.914 bits per heavy atom. The van der Waals surface area contributed by atoms with E-state index in [1.165, 1.54) is 0 Å². The van der Waals surface area contributed by atoms with E-state index >= 15 is 0 Å². The number of unbranched alkanes of at least 4 members (excludes halogenated alkanes) is 3. The number of aliphatic hydroxyl groups is 2. The van der Waals surface area contributed by atoms with E-state index < -0.39 is 30.1 Å². The molecule has 2 aromatic carbocycles. The number of benzene rings is 2. The van der Waals surface area contributed by atoms with Crippen molar-refractivity contribution in [2.75, 3.05) is 14.2 Å². The maximum atomic E-state index is 11.9. The Morgan fingerprint density at radius 2 is 1.57 bits per heavy atom. The number of carbonyl (C=O) groups is 2. The van der Waals surface area contributed by atoms with Crippen LogP contribution in [-0.4, -0.2) is 48.1 Å². The zero-order chi connectivity index (χ0) is 26.0. The largest absolute Gasteiger partial charge is 0.469 e. The minimum absolute atomic E-state index is 0.301. The number of carbonyl (C=O) groups excluding carboxylic acids is 2. The molecule has 0 heterocycles. The van der Waals surface area contributed by atoms with Crippen molar-refractivity contribution in [1.29, 1.82) is 0 Å². The van der Waals surface area contributed by atoms with Crippen molar-refractivity contribution in [3.05, 3.63) is 57.0 Å². The zero-order valence-electron chi connectivity index (χ0n) is 19.9. The van der Waals surface area contributed by atoms with Crippen LogP contribution in [-0.2, 0) is 25.5 Å². The summed E-state index contributed by atoms with van der Waals surface area (Å²) in [4.78, 5) is 23.5. The number of methoxy groups -OCH3 is 2. The molecule has 9 heteroatoms. The van der Waals surface area contributed by atoms with Crippen LogP contribution in [0.4, 0.5) is 0 Å². The number of rotatable bonds is 13. The van der Waals surface area contributed by atoms with Gasteiger partial charge in [0.15, 0.2) is 5.60 Å². The molecule has 192 valence electrons. The van der Waals surface area contributed by atoms with Gasteiger partial charge < -0.3 is 19.7 Å². The van der Waals surface area contributed by atoms with Gasteiger partial charge in [-0.1, -0.05) is 66.2 Å². The Labute approximate surface area is 221 Å². The van der Waals surface area contributed by atoms with Gasteiger partial charge in [0, 0.05) is 27.1 Å². The van der Waals surface area contributed by atoms with Crippen LogP contribution in [0.5, 0.6) is 0 Å². The summed E-state index contributed by atoms with van der Waals surface area (Å²) >= 11 is 18.7. The molecule has 2 unspecified atom stereocenters. The minimum Gasteiger partial charge on any atom is -0.469 e. The zero-order valence-corrected chi connectivity index (χ0v) is 22.1. The lowest BCUT2D eigenvalue weighted by Gasteiger charge is -2.26. The quantitative estimate of drug-likeness (QED) is 0.236. The van der Waals surface area contributed by atoms with Gasteiger partial charge in [0.05, 0.1) is 26.7 Å². The first-order valence-corrected chi connectivity index (χ1v) is 12.5. The molecule has 2 N–H and O–H groups in total. The van der Waals surface area contributed by atoms with Crippen LogP contribution in [0, 0.1) is 0 Å². The van der Waals surface area contributed by atoms with Crippen LogP contribution in [0.3, 0.4) is 0 Å². The second-order valence-corrected chi connectivity index (χ2v) is 9.79. The van der Waals surface area contributed by atoms with Gasteiger partial charge in [-0.3, -0.25) is 4.79 Å². The third-order valence-electron chi connectivity index (χ3n) is 5.83. The van der Waals surface area contributed by atoms with Crippen LogP contribution in [0.2, 0.25) is 15.1 Å². The van der Waals surface area contributed by atoms with Crippen molar-refractivity contribution < 1.29 is 29.3 Å². The fourth-order valence-electron chi connectivity index (χ4n) is 3.99. The first-order valence-electron chi connectivity index (χ1n) is 11.4. The molecule has 0 aliphatic rings. The molecule has 0 saturated heterocycles. The van der Waals surface area contributed by atoms with Crippen molar-refractivity contribution in [3.8, 4) is 11.1 Å². The van der Waals surface area contributed by atoms with E-state index in [0.29, 0.717) is 27.9 Å². The summed E-state index contributed by atoms with van der Waals surface area (Å²) in [7, 11) is 2.28. The third kappa shape index (κ3) is 8.96. The topological polar surface area (TPSA) is 93.1 Å². The maximum absolute atomic E-state index is 11.9. The molecule has 0 aliphatic carbocycles. The second-order valence-electron chi connectivity index (χ2n) is 8.51. The Balaban J connectivity index is 1.86. The van der Waals surface area contributed by atoms with E-state index in [1.807, 2.05) is 24.3 Å². The normalized spacial score (nSPS) is 13.7. The lowest BCUT2D eigenvalue weighted by atomic mass is 9.90. The molecule has 6 nitrogen and oxygen atoms in total. The summed E-state index contributed by atoms with van der Waals surface area (Å²) in [6.07, 6.45) is 2.78. The highest BCUT2D eigenvalue weighted by molar-refractivity contribution is 6.36. The summed E-state index contributed by atoms with van der Waals surface area (Å²) < 4.78 is 9.12. The van der Waals surface area contributed by atoms with Crippen LogP contribution >= 0.6 is 34.8 Å². The molecular formula is C26H31Cl3O6. The summed E-state index contributed by atoms with van der Waals surface area (Å²) in [6, 6.07) is 11.2. The Hall–Kier alpha value is -1.83. The van der Waals surface area contributed by atoms with Crippen molar-refractivity contribution >= 4 is 46.7 Å². The van der Waals surface area contributed by atoms with Crippen molar-refractivity contribution in [2.24, 2.45) is 0 Å². The molecule has 35 heavy (non-hydrogen) atoms. The molecule has 0 amide bonds. The van der Waals surface area contributed by atoms with E-state index in [-0.39, 0.29) is 6.42 Å². The van der Waals surface area contributed by atoms with Gasteiger partial charge in [-0.05, 0) is 54.7 Å². The smallest absolute Gasteiger partial charge is 0.338 e. The first-order chi connectivity index (χ1) is 16.6. The fraction of sp³-hybridized carbons (Fsp3) is 0.462. The van der Waals surface area contributed by atoms with Gasteiger partial charge in [-0.15, -0.1) is 0 Å². The highest BCUT2D eigenvalue weighted by Crippen LogP contribution is 2.35. The fourth-order valence-corrected chi connectivity index (χ4v) is 4.68. The standard InChI is InChI=1S/C26H31Cl3O6/c1-34-24(31)16-26(33,25(32)35-2)15-20(30)8-6-4-3-5-7-17-9-10-18(27)13-22(17)21-12-11-19(28)14-23(21)29/h9-14,20,30,33H,3-8,15-16H2,1-2H3. The van der Waals surface area contributed by atoms with Crippen LogP contribution < -0.4 is 0 Å². The highest BCUT2D eigenvalue weighted by Gasteiger charge is 2.41. The van der Waals surface area contributed by atoms with Crippen molar-refractivity contribution in [3.63, 3.8) is 0 Å². The van der Waals surface area contributed by atoms with Gasteiger partial charge in [-0.25, -0.2) is 4.79 Å². The average molecular weight is 546 g/mol. The molecule has 0 aliphatic heterocycles. The predicted octanol–water partition coefficient (Wildman–Crippen LogP) is 6.03. The average Bonchev–Trinajstić information content (AvgIpc) is 2.81. The molecule has 2 aromatic rings. The number of esters is 2. The van der Waals surface area contributed by atoms with Gasteiger partial charge in [-0.2, -0.15) is 0 Å². The van der Waals surface area contributed by atoms with Gasteiger partial charge in [0.2, 0.25) is 0 Å². The number of aliphatic hydroxyl groups excluding tert-OH is 1. The summed E-state index contributed by atoms with van der Waals surface area (Å²) in [5.74, 6) is -1.73. The van der Waals surface area contributed by atoms with E-state index in [2.05, 4.69) is 9.47 Å². The molecule has 2 rings (SSSR count). The third-order valence-corrected chi connectivity index (χ3v) is 6.61. The molecule has 0 aromatic heterocycles. The molecule has 0 saturated carbocycles. The lowest BCUT2D eigenvalue weighted by Crippen LogP contribution is -2.44. The van der Waals surface area contributed by atoms with Gasteiger partial charge in [0.1, 0.15) is 0 Å². The monoisotopic (exact) mass is 544 g/mol. The number of hydrogen-bond donors (Lipinski definition) is 2. The number of halogens is 3. The second kappa shape index (κ2) is 14.0. The summed E-state index contributed by atoms with van der Waals surface area (Å²) in [6.45, 7) is 0. The van der Waals surface area contributed by atoms with E-state index in [1.54, 1.807) is 12.1 Å². The maximum Gasteiger partial charge on any atom is 0.338 e. The van der Waals surface area contributed by atoms with Crippen LogP contribution in [0.15, 0.2) is 36.4 Å². The molecule has 0 radical (unpaired) electrons. The number of hydrogen-bond acceptors (Lipinski definition) is 6. The molecular weight excluding hydrogens is 515 g/mol. The van der Waals surface area contributed by atoms with Crippen molar-refractivity contribution in [2.45, 2.75) is 63.1 Å². The van der Waals surface area contributed by atoms with Crippen LogP contribution in [0.1, 0.15) is 50.5 Å².